The Labute approximate surface area is 193 Å². The first-order valence-electron chi connectivity index (χ1n) is 10.8. The maximum absolute atomic E-state index is 13.4. The number of amides is 4. The van der Waals surface area contributed by atoms with Crippen LogP contribution in [0, 0.1) is 11.8 Å². The van der Waals surface area contributed by atoms with Gasteiger partial charge in [0.05, 0.1) is 5.92 Å². The van der Waals surface area contributed by atoms with Crippen LogP contribution in [0.1, 0.15) is 18.4 Å². The van der Waals surface area contributed by atoms with Crippen LogP contribution in [0.3, 0.4) is 0 Å². The highest BCUT2D eigenvalue weighted by atomic mass is 19.4. The standard InChI is InChI=1S/C23H24F3N5O3/c1-30(15-5-3-2-4-6-15)21(33)18-16(11-13-9-10-28-17(27)12-13)20(32)31(18)22(34)29-19(14-7-8-14)23(24,25)26/h2-6,9-10,12,14,16,18-19H,7-8,11H2,1H3,(H2,27,28)(H,29,34)/t16-,18+,19+/m1/s1. The summed E-state index contributed by atoms with van der Waals surface area (Å²) in [5, 5.41) is 1.95. The van der Waals surface area contributed by atoms with Crippen LogP contribution >= 0.6 is 0 Å². The number of hydrogen-bond acceptors (Lipinski definition) is 5. The van der Waals surface area contributed by atoms with Gasteiger partial charge in [0.15, 0.2) is 0 Å². The molecule has 0 bridgehead atoms. The molecule has 3 N–H and O–H groups in total. The fraction of sp³-hybridized carbons (Fsp3) is 0.391. The topological polar surface area (TPSA) is 109 Å². The number of urea groups is 1. The maximum atomic E-state index is 13.4. The quantitative estimate of drug-likeness (QED) is 0.625. The van der Waals surface area contributed by atoms with Crippen LogP contribution in [0.15, 0.2) is 48.7 Å². The molecule has 1 aromatic heterocycles. The minimum Gasteiger partial charge on any atom is -0.384 e. The summed E-state index contributed by atoms with van der Waals surface area (Å²) in [5.41, 5.74) is 6.84. The molecule has 3 atom stereocenters. The summed E-state index contributed by atoms with van der Waals surface area (Å²) < 4.78 is 40.3. The van der Waals surface area contributed by atoms with Crippen molar-refractivity contribution in [2.24, 2.45) is 11.8 Å². The van der Waals surface area contributed by atoms with Crippen molar-refractivity contribution < 1.29 is 27.6 Å². The average molecular weight is 475 g/mol. The van der Waals surface area contributed by atoms with E-state index in [1.165, 1.54) is 18.1 Å². The van der Waals surface area contributed by atoms with E-state index < -0.39 is 47.9 Å². The number of halogens is 3. The zero-order chi connectivity index (χ0) is 24.6. The molecule has 2 aliphatic rings. The molecule has 1 aliphatic carbocycles. The Morgan fingerprint density at radius 1 is 1.24 bits per heavy atom. The number of likely N-dealkylation sites (tertiary alicyclic amines) is 1. The number of nitrogen functional groups attached to an aromatic ring is 1. The van der Waals surface area contributed by atoms with Crippen LogP contribution < -0.4 is 16.0 Å². The smallest absolute Gasteiger partial charge is 0.384 e. The van der Waals surface area contributed by atoms with Gasteiger partial charge in [-0.05, 0) is 55.0 Å². The third kappa shape index (κ3) is 4.68. The fourth-order valence-corrected chi connectivity index (χ4v) is 4.21. The molecule has 1 saturated heterocycles. The number of nitrogens with zero attached hydrogens (tertiary/aromatic N) is 3. The van der Waals surface area contributed by atoms with Gasteiger partial charge in [0, 0.05) is 18.9 Å². The number of benzene rings is 1. The number of aromatic nitrogens is 1. The van der Waals surface area contributed by atoms with E-state index in [1.807, 2.05) is 5.32 Å². The van der Waals surface area contributed by atoms with E-state index >= 15 is 0 Å². The highest BCUT2D eigenvalue weighted by Crippen LogP contribution is 2.41. The molecule has 4 amide bonds. The first-order chi connectivity index (χ1) is 16.1. The van der Waals surface area contributed by atoms with Crippen molar-refractivity contribution in [3.8, 4) is 0 Å². The molecule has 0 unspecified atom stereocenters. The highest BCUT2D eigenvalue weighted by molar-refractivity contribution is 6.12. The summed E-state index contributed by atoms with van der Waals surface area (Å²) in [6, 6.07) is 7.18. The number of likely N-dealkylation sites (N-methyl/N-ethyl adjacent to an activating group) is 1. The molecule has 11 heteroatoms. The Morgan fingerprint density at radius 3 is 2.50 bits per heavy atom. The Balaban J connectivity index is 1.59. The van der Waals surface area contributed by atoms with E-state index in [4.69, 9.17) is 5.73 Å². The van der Waals surface area contributed by atoms with E-state index in [0.29, 0.717) is 29.0 Å². The summed E-state index contributed by atoms with van der Waals surface area (Å²) in [6.45, 7) is 0. The number of carbonyl (C=O) groups is 3. The number of anilines is 2. The molecular formula is C23H24F3N5O3. The van der Waals surface area contributed by atoms with Crippen LogP contribution in [-0.2, 0) is 16.0 Å². The second kappa shape index (κ2) is 8.96. The van der Waals surface area contributed by atoms with Crippen molar-refractivity contribution in [3.05, 3.63) is 54.2 Å². The number of β-lactam (4-membered cyclic amide) rings is 1. The first kappa shape index (κ1) is 23.5. The summed E-state index contributed by atoms with van der Waals surface area (Å²) in [4.78, 5) is 45.0. The Hall–Kier alpha value is -3.63. The zero-order valence-corrected chi connectivity index (χ0v) is 18.3. The molecule has 2 fully saturated rings. The number of hydrogen-bond donors (Lipinski definition) is 2. The summed E-state index contributed by atoms with van der Waals surface area (Å²) >= 11 is 0. The van der Waals surface area contributed by atoms with Crippen molar-refractivity contribution in [3.63, 3.8) is 0 Å². The number of alkyl halides is 3. The number of carbonyl (C=O) groups excluding carboxylic acids is 3. The Bertz CT molecular complexity index is 1090. The second-order valence-electron chi connectivity index (χ2n) is 8.59. The second-order valence-corrected chi connectivity index (χ2v) is 8.59. The molecule has 1 aromatic carbocycles. The zero-order valence-electron chi connectivity index (χ0n) is 18.3. The van der Waals surface area contributed by atoms with Crippen LogP contribution in [0.4, 0.5) is 29.5 Å². The van der Waals surface area contributed by atoms with Gasteiger partial charge in [-0.15, -0.1) is 0 Å². The number of para-hydroxylation sites is 1. The van der Waals surface area contributed by atoms with E-state index in [0.717, 1.165) is 0 Å². The number of nitrogens with two attached hydrogens (primary N) is 1. The van der Waals surface area contributed by atoms with E-state index in [-0.39, 0.29) is 12.2 Å². The lowest BCUT2D eigenvalue weighted by atomic mass is 9.81. The molecule has 0 spiro atoms. The summed E-state index contributed by atoms with van der Waals surface area (Å²) in [5.74, 6) is -2.73. The largest absolute Gasteiger partial charge is 0.408 e. The van der Waals surface area contributed by atoms with Gasteiger partial charge in [0.25, 0.3) is 5.91 Å². The predicted octanol–water partition coefficient (Wildman–Crippen LogP) is 2.75. The van der Waals surface area contributed by atoms with Crippen molar-refractivity contribution in [2.75, 3.05) is 17.7 Å². The summed E-state index contributed by atoms with van der Waals surface area (Å²) in [6.07, 6.45) is -2.44. The van der Waals surface area contributed by atoms with Crippen molar-refractivity contribution in [2.45, 2.75) is 37.5 Å². The van der Waals surface area contributed by atoms with Crippen molar-refractivity contribution >= 4 is 29.4 Å². The molecule has 2 aromatic rings. The normalized spacial score (nSPS) is 20.9. The maximum Gasteiger partial charge on any atom is 0.408 e. The molecule has 180 valence electrons. The molecule has 8 nitrogen and oxygen atoms in total. The summed E-state index contributed by atoms with van der Waals surface area (Å²) in [7, 11) is 1.49. The SMILES string of the molecule is CN(C(=O)[C@@H]1[C@@H](Cc2ccnc(N)c2)C(=O)N1C(=O)N[C@@H](C1CC1)C(F)(F)F)c1ccccc1. The average Bonchev–Trinajstić information content (AvgIpc) is 3.63. The van der Waals surface area contributed by atoms with Crippen LogP contribution in [0.2, 0.25) is 0 Å². The van der Waals surface area contributed by atoms with E-state index in [2.05, 4.69) is 4.98 Å². The lowest BCUT2D eigenvalue weighted by molar-refractivity contribution is -0.163. The number of rotatable bonds is 6. The van der Waals surface area contributed by atoms with Gasteiger partial charge < -0.3 is 16.0 Å². The predicted molar refractivity (Wildman–Crippen MR) is 117 cm³/mol. The van der Waals surface area contributed by atoms with E-state index in [9.17, 15) is 27.6 Å². The minimum absolute atomic E-state index is 0.0830. The third-order valence-corrected chi connectivity index (χ3v) is 6.19. The van der Waals surface area contributed by atoms with Gasteiger partial charge in [-0.3, -0.25) is 14.5 Å². The van der Waals surface area contributed by atoms with Crippen molar-refractivity contribution in [1.29, 1.82) is 0 Å². The minimum atomic E-state index is -4.65. The van der Waals surface area contributed by atoms with Crippen molar-refractivity contribution in [1.82, 2.24) is 15.2 Å². The van der Waals surface area contributed by atoms with Gasteiger partial charge in [0.1, 0.15) is 17.9 Å². The third-order valence-electron chi connectivity index (χ3n) is 6.19. The fourth-order valence-electron chi connectivity index (χ4n) is 4.21. The molecule has 34 heavy (non-hydrogen) atoms. The van der Waals surface area contributed by atoms with E-state index in [1.54, 1.807) is 42.5 Å². The van der Waals surface area contributed by atoms with Gasteiger partial charge in [-0.1, -0.05) is 18.2 Å². The first-order valence-corrected chi connectivity index (χ1v) is 10.8. The number of nitrogens with one attached hydrogen (secondary N) is 1. The van der Waals surface area contributed by atoms with Crippen LogP contribution in [0.5, 0.6) is 0 Å². The molecule has 2 heterocycles. The van der Waals surface area contributed by atoms with Gasteiger partial charge in [-0.25, -0.2) is 9.78 Å². The molecule has 4 rings (SSSR count). The monoisotopic (exact) mass is 475 g/mol. The molecule has 1 saturated carbocycles. The van der Waals surface area contributed by atoms with Crippen LogP contribution in [0.25, 0.3) is 0 Å². The van der Waals surface area contributed by atoms with Gasteiger partial charge in [-0.2, -0.15) is 13.2 Å². The van der Waals surface area contributed by atoms with Gasteiger partial charge >= 0.3 is 12.2 Å². The Kier molecular flexibility index (Phi) is 6.20. The highest BCUT2D eigenvalue weighted by Gasteiger charge is 2.57. The lowest BCUT2D eigenvalue weighted by Gasteiger charge is -2.46. The van der Waals surface area contributed by atoms with Gasteiger partial charge in [0.2, 0.25) is 5.91 Å². The number of imide groups is 1. The molecule has 0 radical (unpaired) electrons. The molecule has 1 aliphatic heterocycles. The Morgan fingerprint density at radius 2 is 1.91 bits per heavy atom. The number of pyridine rings is 1. The van der Waals surface area contributed by atoms with Crippen LogP contribution in [-0.4, -0.2) is 53.0 Å². The lowest BCUT2D eigenvalue weighted by Crippen LogP contribution is -2.71. The molecular weight excluding hydrogens is 451 g/mol.